The number of aromatic amines is 1. The number of carbonyl (C=O) groups is 1. The number of nitrogens with one attached hydrogen (secondary N) is 1. The number of rotatable bonds is 4. The lowest BCUT2D eigenvalue weighted by Gasteiger charge is -2.35. The Hall–Kier alpha value is -2.97. The largest absolute Gasteiger partial charge is 0.335 e. The van der Waals surface area contributed by atoms with Gasteiger partial charge in [-0.15, -0.1) is 0 Å². The summed E-state index contributed by atoms with van der Waals surface area (Å²) in [5.74, 6) is 1.57. The second-order valence-corrected chi connectivity index (χ2v) is 7.03. The molecule has 0 radical (unpaired) electrons. The number of likely N-dealkylation sites (tertiary alicyclic amines) is 1. The summed E-state index contributed by atoms with van der Waals surface area (Å²) < 4.78 is 3.32. The Labute approximate surface area is 156 Å². The number of nitrogens with zero attached hydrogens (tertiary/aromatic N) is 6. The van der Waals surface area contributed by atoms with Crippen molar-refractivity contribution in [3.8, 4) is 0 Å². The molecule has 27 heavy (non-hydrogen) atoms. The Morgan fingerprint density at radius 1 is 1.30 bits per heavy atom. The highest BCUT2D eigenvalue weighted by Crippen LogP contribution is 2.22. The average molecular weight is 369 g/mol. The van der Waals surface area contributed by atoms with E-state index in [4.69, 9.17) is 0 Å². The summed E-state index contributed by atoms with van der Waals surface area (Å²) in [6.07, 6.45) is 8.91. The molecule has 4 rings (SSSR count). The van der Waals surface area contributed by atoms with Crippen LogP contribution in [0.15, 0.2) is 23.4 Å². The van der Waals surface area contributed by atoms with Gasteiger partial charge in [0.1, 0.15) is 17.2 Å². The number of aromatic nitrogens is 6. The Bertz CT molecular complexity index is 1030. The molecule has 1 saturated heterocycles. The number of hydrogen-bond acceptors (Lipinski definition) is 5. The molecule has 1 fully saturated rings. The van der Waals surface area contributed by atoms with E-state index in [1.54, 1.807) is 13.1 Å². The molecule has 3 aromatic rings. The maximum absolute atomic E-state index is 13.1. The number of aryl methyl sites for hydroxylation is 3. The molecule has 142 valence electrons. The van der Waals surface area contributed by atoms with E-state index in [2.05, 4.69) is 24.6 Å². The summed E-state index contributed by atoms with van der Waals surface area (Å²) in [6, 6.07) is 0.108. The first-order chi connectivity index (χ1) is 13.0. The third-order valence-electron chi connectivity index (χ3n) is 5.23. The highest BCUT2D eigenvalue weighted by molar-refractivity contribution is 5.94. The van der Waals surface area contributed by atoms with Gasteiger partial charge in [0.25, 0.3) is 17.2 Å². The number of fused-ring (bicyclic) bond motifs is 1. The summed E-state index contributed by atoms with van der Waals surface area (Å²) >= 11 is 0. The van der Waals surface area contributed by atoms with Crippen LogP contribution in [-0.4, -0.2) is 52.5 Å². The molecule has 9 heteroatoms. The second kappa shape index (κ2) is 6.98. The predicted molar refractivity (Wildman–Crippen MR) is 98.6 cm³/mol. The van der Waals surface area contributed by atoms with Gasteiger partial charge in [0.05, 0.1) is 0 Å². The SMILES string of the molecule is Cc1nc2ncc(C(=O)N3CCCCC3CCn3ccnc3C)c(=O)n2[nH]1. The van der Waals surface area contributed by atoms with E-state index in [1.165, 1.54) is 10.7 Å². The average Bonchev–Trinajstić information content (AvgIpc) is 3.25. The van der Waals surface area contributed by atoms with Crippen molar-refractivity contribution in [1.29, 1.82) is 0 Å². The normalized spacial score (nSPS) is 17.6. The van der Waals surface area contributed by atoms with Crippen LogP contribution in [0.5, 0.6) is 0 Å². The number of amides is 1. The zero-order valence-electron chi connectivity index (χ0n) is 15.6. The first-order valence-electron chi connectivity index (χ1n) is 9.27. The zero-order valence-corrected chi connectivity index (χ0v) is 15.6. The van der Waals surface area contributed by atoms with Crippen molar-refractivity contribution in [2.75, 3.05) is 6.54 Å². The van der Waals surface area contributed by atoms with Gasteiger partial charge in [-0.3, -0.25) is 14.7 Å². The van der Waals surface area contributed by atoms with Crippen LogP contribution in [0.1, 0.15) is 47.7 Å². The van der Waals surface area contributed by atoms with Crippen molar-refractivity contribution in [2.24, 2.45) is 0 Å². The molecule has 4 heterocycles. The number of hydrogen-bond donors (Lipinski definition) is 1. The maximum Gasteiger partial charge on any atom is 0.286 e. The minimum atomic E-state index is -0.402. The lowest BCUT2D eigenvalue weighted by molar-refractivity contribution is 0.0592. The van der Waals surface area contributed by atoms with Gasteiger partial charge in [-0.25, -0.2) is 9.97 Å². The van der Waals surface area contributed by atoms with Crippen LogP contribution < -0.4 is 5.56 Å². The molecule has 9 nitrogen and oxygen atoms in total. The van der Waals surface area contributed by atoms with Crippen LogP contribution in [-0.2, 0) is 6.54 Å². The van der Waals surface area contributed by atoms with E-state index in [-0.39, 0.29) is 23.3 Å². The monoisotopic (exact) mass is 369 g/mol. The second-order valence-electron chi connectivity index (χ2n) is 7.03. The topological polar surface area (TPSA) is 101 Å². The van der Waals surface area contributed by atoms with Gasteiger partial charge in [0, 0.05) is 37.7 Å². The number of H-pyrrole nitrogens is 1. The Kier molecular flexibility index (Phi) is 4.51. The van der Waals surface area contributed by atoms with Gasteiger partial charge < -0.3 is 9.47 Å². The molecule has 1 amide bonds. The van der Waals surface area contributed by atoms with E-state index >= 15 is 0 Å². The highest BCUT2D eigenvalue weighted by Gasteiger charge is 2.29. The number of piperidine rings is 1. The van der Waals surface area contributed by atoms with E-state index in [1.807, 2.05) is 18.0 Å². The van der Waals surface area contributed by atoms with E-state index in [9.17, 15) is 9.59 Å². The molecule has 0 bridgehead atoms. The fourth-order valence-corrected chi connectivity index (χ4v) is 3.76. The summed E-state index contributed by atoms with van der Waals surface area (Å²) in [4.78, 5) is 40.2. The van der Waals surface area contributed by atoms with Crippen molar-refractivity contribution < 1.29 is 4.79 Å². The lowest BCUT2D eigenvalue weighted by atomic mass is 9.98. The first kappa shape index (κ1) is 17.4. The van der Waals surface area contributed by atoms with E-state index in [0.29, 0.717) is 12.4 Å². The fraction of sp³-hybridized carbons (Fsp3) is 0.500. The molecule has 1 unspecified atom stereocenters. The van der Waals surface area contributed by atoms with Crippen LogP contribution in [0.3, 0.4) is 0 Å². The van der Waals surface area contributed by atoms with Crippen molar-refractivity contribution in [1.82, 2.24) is 34.0 Å². The van der Waals surface area contributed by atoms with Crippen molar-refractivity contribution >= 4 is 11.7 Å². The van der Waals surface area contributed by atoms with Crippen LogP contribution in [0.2, 0.25) is 0 Å². The van der Waals surface area contributed by atoms with Crippen molar-refractivity contribution in [3.05, 3.63) is 46.2 Å². The van der Waals surface area contributed by atoms with Gasteiger partial charge in [-0.2, -0.15) is 9.50 Å². The van der Waals surface area contributed by atoms with Crippen molar-refractivity contribution in [2.45, 2.75) is 52.1 Å². The van der Waals surface area contributed by atoms with E-state index in [0.717, 1.165) is 38.1 Å². The maximum atomic E-state index is 13.1. The Morgan fingerprint density at radius 3 is 2.93 bits per heavy atom. The number of imidazole rings is 1. The third-order valence-corrected chi connectivity index (χ3v) is 5.23. The third kappa shape index (κ3) is 3.24. The lowest BCUT2D eigenvalue weighted by Crippen LogP contribution is -2.46. The molecular formula is C18H23N7O2. The standard InChI is InChI=1S/C18H23N7O2/c1-12-21-18-20-11-15(17(27)25(18)22-12)16(26)24-8-4-3-5-14(24)6-9-23-10-7-19-13(23)2/h7,10-11,14H,3-6,8-9H2,1-2H3,(H,20,21,22). The fourth-order valence-electron chi connectivity index (χ4n) is 3.76. The quantitative estimate of drug-likeness (QED) is 0.747. The highest BCUT2D eigenvalue weighted by atomic mass is 16.2. The van der Waals surface area contributed by atoms with Crippen LogP contribution in [0.25, 0.3) is 5.78 Å². The molecule has 1 aliphatic rings. The number of carbonyl (C=O) groups excluding carboxylic acids is 1. The minimum Gasteiger partial charge on any atom is -0.335 e. The van der Waals surface area contributed by atoms with Crippen molar-refractivity contribution in [3.63, 3.8) is 0 Å². The van der Waals surface area contributed by atoms with Crippen LogP contribution in [0, 0.1) is 13.8 Å². The molecular weight excluding hydrogens is 346 g/mol. The molecule has 0 spiro atoms. The van der Waals surface area contributed by atoms with E-state index < -0.39 is 5.56 Å². The van der Waals surface area contributed by atoms with Gasteiger partial charge in [0.2, 0.25) is 0 Å². The molecule has 0 aliphatic carbocycles. The summed E-state index contributed by atoms with van der Waals surface area (Å²) in [5, 5.41) is 2.84. The zero-order chi connectivity index (χ0) is 19.0. The molecule has 0 aromatic carbocycles. The summed E-state index contributed by atoms with van der Waals surface area (Å²) in [6.45, 7) is 5.18. The first-order valence-corrected chi connectivity index (χ1v) is 9.27. The van der Waals surface area contributed by atoms with Gasteiger partial charge in [-0.05, 0) is 39.5 Å². The molecule has 1 aliphatic heterocycles. The molecule has 1 atom stereocenters. The summed E-state index contributed by atoms with van der Waals surface area (Å²) in [5.41, 5.74) is -0.317. The van der Waals surface area contributed by atoms with Gasteiger partial charge in [0.15, 0.2) is 0 Å². The molecule has 1 N–H and O–H groups in total. The Balaban J connectivity index is 1.58. The van der Waals surface area contributed by atoms with Gasteiger partial charge >= 0.3 is 0 Å². The molecule has 0 saturated carbocycles. The van der Waals surface area contributed by atoms with Crippen LogP contribution >= 0.6 is 0 Å². The Morgan fingerprint density at radius 2 is 2.15 bits per heavy atom. The smallest absolute Gasteiger partial charge is 0.286 e. The molecule has 3 aromatic heterocycles. The summed E-state index contributed by atoms with van der Waals surface area (Å²) in [7, 11) is 0. The predicted octanol–water partition coefficient (Wildman–Crippen LogP) is 1.32. The van der Waals surface area contributed by atoms with Crippen LogP contribution in [0.4, 0.5) is 0 Å². The van der Waals surface area contributed by atoms with Gasteiger partial charge in [-0.1, -0.05) is 0 Å². The minimum absolute atomic E-state index is 0.0851.